The number of phenolic OH excluding ortho intramolecular Hbond substituents is 1. The van der Waals surface area contributed by atoms with Crippen molar-refractivity contribution in [2.75, 3.05) is 5.73 Å². The molecule has 160 valence electrons. The van der Waals surface area contributed by atoms with E-state index in [1.807, 2.05) is 0 Å². The van der Waals surface area contributed by atoms with Crippen molar-refractivity contribution in [3.8, 4) is 17.0 Å². The maximum absolute atomic E-state index is 12.2. The molecule has 31 heavy (non-hydrogen) atoms. The SMILES string of the molecule is NC(=O)c1c(-c2ccc(CNC(=O)c3ccccc3O)nc2)nn(C2CCCC2)c1N. The highest BCUT2D eigenvalue weighted by Crippen LogP contribution is 2.35. The van der Waals surface area contributed by atoms with Gasteiger partial charge in [-0.25, -0.2) is 4.68 Å². The Bertz CT molecular complexity index is 1120. The van der Waals surface area contributed by atoms with Gasteiger partial charge in [-0.05, 0) is 37.1 Å². The lowest BCUT2D eigenvalue weighted by Gasteiger charge is -2.11. The number of nitrogen functional groups attached to an aromatic ring is 1. The number of anilines is 1. The van der Waals surface area contributed by atoms with Gasteiger partial charge in [0.2, 0.25) is 0 Å². The Kier molecular flexibility index (Phi) is 5.57. The third-order valence-corrected chi connectivity index (χ3v) is 5.54. The average molecular weight is 420 g/mol. The largest absolute Gasteiger partial charge is 0.507 e. The van der Waals surface area contributed by atoms with Gasteiger partial charge in [0, 0.05) is 11.8 Å². The number of primary amides is 1. The van der Waals surface area contributed by atoms with Gasteiger partial charge in [-0.1, -0.05) is 25.0 Å². The molecule has 9 nitrogen and oxygen atoms in total. The number of rotatable bonds is 6. The first-order valence-corrected chi connectivity index (χ1v) is 10.1. The number of pyridine rings is 1. The molecule has 2 amide bonds. The standard InChI is InChI=1S/C22H24N6O3/c23-20-18(21(24)30)19(27-28(20)15-5-1-2-6-15)13-9-10-14(25-11-13)12-26-22(31)16-7-3-4-8-17(16)29/h3-4,7-11,15,29H,1-2,5-6,12,23H2,(H2,24,30)(H,26,31). The van der Waals surface area contributed by atoms with Crippen LogP contribution in [-0.4, -0.2) is 31.7 Å². The third-order valence-electron chi connectivity index (χ3n) is 5.54. The van der Waals surface area contributed by atoms with Gasteiger partial charge in [-0.3, -0.25) is 14.6 Å². The average Bonchev–Trinajstić information content (AvgIpc) is 3.40. The van der Waals surface area contributed by atoms with Crippen LogP contribution in [0.1, 0.15) is 58.1 Å². The summed E-state index contributed by atoms with van der Waals surface area (Å²) in [6.45, 7) is 0.175. The molecule has 0 unspecified atom stereocenters. The quantitative estimate of drug-likeness (QED) is 0.481. The van der Waals surface area contributed by atoms with Crippen molar-refractivity contribution in [2.45, 2.75) is 38.3 Å². The van der Waals surface area contributed by atoms with Crippen molar-refractivity contribution in [3.63, 3.8) is 0 Å². The second kappa shape index (κ2) is 8.47. The van der Waals surface area contributed by atoms with E-state index in [1.165, 1.54) is 12.1 Å². The zero-order valence-electron chi connectivity index (χ0n) is 16.9. The van der Waals surface area contributed by atoms with Gasteiger partial charge in [0.1, 0.15) is 22.8 Å². The van der Waals surface area contributed by atoms with E-state index in [4.69, 9.17) is 11.5 Å². The Morgan fingerprint density at radius 1 is 1.16 bits per heavy atom. The van der Waals surface area contributed by atoms with Gasteiger partial charge in [0.15, 0.2) is 0 Å². The van der Waals surface area contributed by atoms with E-state index in [0.29, 0.717) is 17.0 Å². The first-order chi connectivity index (χ1) is 15.0. The van der Waals surface area contributed by atoms with Gasteiger partial charge in [0.05, 0.1) is 23.8 Å². The van der Waals surface area contributed by atoms with E-state index < -0.39 is 11.8 Å². The molecule has 9 heteroatoms. The molecule has 0 bridgehead atoms. The molecule has 1 saturated carbocycles. The Labute approximate surface area is 179 Å². The molecule has 1 aliphatic rings. The Morgan fingerprint density at radius 3 is 2.55 bits per heavy atom. The number of para-hydroxylation sites is 1. The zero-order chi connectivity index (χ0) is 22.0. The first-order valence-electron chi connectivity index (χ1n) is 10.1. The van der Waals surface area contributed by atoms with Crippen molar-refractivity contribution < 1.29 is 14.7 Å². The molecule has 0 saturated heterocycles. The minimum absolute atomic E-state index is 0.0854. The summed E-state index contributed by atoms with van der Waals surface area (Å²) in [4.78, 5) is 28.6. The minimum atomic E-state index is -0.629. The summed E-state index contributed by atoms with van der Waals surface area (Å²) < 4.78 is 1.71. The fourth-order valence-electron chi connectivity index (χ4n) is 3.92. The second-order valence-electron chi connectivity index (χ2n) is 7.59. The molecule has 2 heterocycles. The van der Waals surface area contributed by atoms with Crippen molar-refractivity contribution in [1.29, 1.82) is 0 Å². The zero-order valence-corrected chi connectivity index (χ0v) is 16.9. The van der Waals surface area contributed by atoms with E-state index in [2.05, 4.69) is 15.4 Å². The number of benzene rings is 1. The first kappa shape index (κ1) is 20.4. The molecule has 1 aliphatic carbocycles. The molecule has 0 aliphatic heterocycles. The summed E-state index contributed by atoms with van der Waals surface area (Å²) in [5.74, 6) is -0.829. The molecule has 1 fully saturated rings. The van der Waals surface area contributed by atoms with E-state index in [1.54, 1.807) is 35.1 Å². The summed E-state index contributed by atoms with van der Waals surface area (Å²) in [5.41, 5.74) is 13.8. The van der Waals surface area contributed by atoms with Crippen LogP contribution in [0.2, 0.25) is 0 Å². The van der Waals surface area contributed by atoms with Crippen LogP contribution in [0.3, 0.4) is 0 Å². The van der Waals surface area contributed by atoms with E-state index in [-0.39, 0.29) is 35.3 Å². The lowest BCUT2D eigenvalue weighted by Crippen LogP contribution is -2.23. The summed E-state index contributed by atoms with van der Waals surface area (Å²) in [5, 5.41) is 17.1. The number of hydrogen-bond acceptors (Lipinski definition) is 6. The van der Waals surface area contributed by atoms with Crippen LogP contribution in [-0.2, 0) is 6.54 Å². The van der Waals surface area contributed by atoms with Crippen molar-refractivity contribution >= 4 is 17.6 Å². The van der Waals surface area contributed by atoms with Gasteiger partial charge in [0.25, 0.3) is 11.8 Å². The highest BCUT2D eigenvalue weighted by Gasteiger charge is 2.27. The van der Waals surface area contributed by atoms with Crippen LogP contribution in [0.15, 0.2) is 42.6 Å². The normalized spacial score (nSPS) is 13.9. The van der Waals surface area contributed by atoms with Crippen LogP contribution in [0.5, 0.6) is 5.75 Å². The number of phenols is 1. The Morgan fingerprint density at radius 2 is 1.90 bits per heavy atom. The third kappa shape index (κ3) is 4.07. The number of carbonyl (C=O) groups excluding carboxylic acids is 2. The molecule has 2 aromatic heterocycles. The highest BCUT2D eigenvalue weighted by atomic mass is 16.3. The summed E-state index contributed by atoms with van der Waals surface area (Å²) >= 11 is 0. The number of amides is 2. The van der Waals surface area contributed by atoms with Crippen molar-refractivity contribution in [2.24, 2.45) is 5.73 Å². The topological polar surface area (TPSA) is 149 Å². The molecular weight excluding hydrogens is 396 g/mol. The number of nitrogens with one attached hydrogen (secondary N) is 1. The highest BCUT2D eigenvalue weighted by molar-refractivity contribution is 6.03. The van der Waals surface area contributed by atoms with E-state index in [9.17, 15) is 14.7 Å². The number of nitrogens with two attached hydrogens (primary N) is 2. The lowest BCUT2D eigenvalue weighted by atomic mass is 10.1. The molecule has 0 radical (unpaired) electrons. The van der Waals surface area contributed by atoms with Crippen LogP contribution in [0, 0.1) is 0 Å². The molecule has 6 N–H and O–H groups in total. The van der Waals surface area contributed by atoms with Crippen molar-refractivity contribution in [1.82, 2.24) is 20.1 Å². The number of aromatic nitrogens is 3. The smallest absolute Gasteiger partial charge is 0.255 e. The number of aromatic hydroxyl groups is 1. The summed E-state index contributed by atoms with van der Waals surface area (Å²) in [6.07, 6.45) is 5.73. The summed E-state index contributed by atoms with van der Waals surface area (Å²) in [7, 11) is 0. The predicted molar refractivity (Wildman–Crippen MR) is 115 cm³/mol. The summed E-state index contributed by atoms with van der Waals surface area (Å²) in [6, 6.07) is 9.98. The number of carbonyl (C=O) groups is 2. The number of nitrogens with zero attached hydrogens (tertiary/aromatic N) is 3. The van der Waals surface area contributed by atoms with E-state index in [0.717, 1.165) is 25.7 Å². The van der Waals surface area contributed by atoms with Crippen molar-refractivity contribution in [3.05, 3.63) is 59.4 Å². The Hall–Kier alpha value is -3.88. The van der Waals surface area contributed by atoms with Gasteiger partial charge >= 0.3 is 0 Å². The van der Waals surface area contributed by atoms with Gasteiger partial charge in [-0.2, -0.15) is 5.10 Å². The molecule has 0 spiro atoms. The predicted octanol–water partition coefficient (Wildman–Crippen LogP) is 2.38. The van der Waals surface area contributed by atoms with Gasteiger partial charge in [-0.15, -0.1) is 0 Å². The van der Waals surface area contributed by atoms with Crippen LogP contribution in [0.4, 0.5) is 5.82 Å². The molecule has 1 aromatic carbocycles. The minimum Gasteiger partial charge on any atom is -0.507 e. The van der Waals surface area contributed by atoms with E-state index >= 15 is 0 Å². The molecule has 4 rings (SSSR count). The van der Waals surface area contributed by atoms with Crippen LogP contribution in [0.25, 0.3) is 11.3 Å². The fraction of sp³-hybridized carbons (Fsp3) is 0.273. The monoisotopic (exact) mass is 420 g/mol. The molecule has 3 aromatic rings. The fourth-order valence-corrected chi connectivity index (χ4v) is 3.92. The molecule has 0 atom stereocenters. The maximum atomic E-state index is 12.2. The number of hydrogen-bond donors (Lipinski definition) is 4. The molecular formula is C22H24N6O3. The lowest BCUT2D eigenvalue weighted by molar-refractivity contribution is 0.0946. The van der Waals surface area contributed by atoms with Crippen LogP contribution < -0.4 is 16.8 Å². The van der Waals surface area contributed by atoms with Gasteiger partial charge < -0.3 is 21.9 Å². The second-order valence-corrected chi connectivity index (χ2v) is 7.59. The van der Waals surface area contributed by atoms with Crippen LogP contribution >= 0.6 is 0 Å². The maximum Gasteiger partial charge on any atom is 0.255 e. The Balaban J connectivity index is 1.53.